The number of thiophene rings is 1. The summed E-state index contributed by atoms with van der Waals surface area (Å²) < 4.78 is 25.8. The van der Waals surface area contributed by atoms with Gasteiger partial charge in [0.1, 0.15) is 10.3 Å². The van der Waals surface area contributed by atoms with Crippen molar-refractivity contribution in [3.05, 3.63) is 17.5 Å². The summed E-state index contributed by atoms with van der Waals surface area (Å²) in [5.74, 6) is -1.44. The van der Waals surface area contributed by atoms with Crippen LogP contribution in [-0.4, -0.2) is 44.5 Å². The highest BCUT2D eigenvalue weighted by Crippen LogP contribution is 2.14. The Balaban J connectivity index is 2.31. The number of carbonyl (C=O) groups is 2. The van der Waals surface area contributed by atoms with Crippen LogP contribution in [0.2, 0.25) is 0 Å². The van der Waals surface area contributed by atoms with Gasteiger partial charge in [0.15, 0.2) is 0 Å². The minimum absolute atomic E-state index is 0.0846. The molecule has 0 saturated carbocycles. The third-order valence-corrected chi connectivity index (χ3v) is 5.08. The lowest BCUT2D eigenvalue weighted by Gasteiger charge is -2.08. The van der Waals surface area contributed by atoms with E-state index < -0.39 is 27.9 Å². The molecule has 0 radical (unpaired) electrons. The number of sulfonamides is 1. The van der Waals surface area contributed by atoms with Crippen molar-refractivity contribution >= 4 is 33.2 Å². The van der Waals surface area contributed by atoms with Crippen LogP contribution in [0.4, 0.5) is 0 Å². The van der Waals surface area contributed by atoms with Gasteiger partial charge in [0.25, 0.3) is 0 Å². The Labute approximate surface area is 120 Å². The fraction of sp³-hybridized carbons (Fsp3) is 0.400. The molecule has 0 aromatic carbocycles. The van der Waals surface area contributed by atoms with Gasteiger partial charge in [-0.25, -0.2) is 13.1 Å². The predicted molar refractivity (Wildman–Crippen MR) is 72.3 cm³/mol. The van der Waals surface area contributed by atoms with Gasteiger partial charge in [0.05, 0.1) is 6.54 Å². The molecule has 0 bridgehead atoms. The van der Waals surface area contributed by atoms with Gasteiger partial charge in [-0.3, -0.25) is 9.59 Å². The zero-order valence-corrected chi connectivity index (χ0v) is 12.0. The SMILES string of the molecule is NC(=O)C(O)CNC(=O)CCNS(=O)(=O)c1cccs1. The first-order valence-electron chi connectivity index (χ1n) is 5.60. The summed E-state index contributed by atoms with van der Waals surface area (Å²) in [4.78, 5) is 21.9. The maximum Gasteiger partial charge on any atom is 0.250 e. The number of aliphatic hydroxyl groups excluding tert-OH is 1. The maximum absolute atomic E-state index is 11.7. The van der Waals surface area contributed by atoms with Crippen LogP contribution in [0.1, 0.15) is 6.42 Å². The largest absolute Gasteiger partial charge is 0.381 e. The third-order valence-electron chi connectivity index (χ3n) is 2.23. The van der Waals surface area contributed by atoms with Gasteiger partial charge >= 0.3 is 0 Å². The van der Waals surface area contributed by atoms with Crippen molar-refractivity contribution in [2.24, 2.45) is 5.73 Å². The third kappa shape index (κ3) is 5.25. The van der Waals surface area contributed by atoms with Crippen LogP contribution in [0.5, 0.6) is 0 Å². The van der Waals surface area contributed by atoms with E-state index in [0.29, 0.717) is 0 Å². The maximum atomic E-state index is 11.7. The topological polar surface area (TPSA) is 139 Å². The smallest absolute Gasteiger partial charge is 0.250 e. The fourth-order valence-corrected chi connectivity index (χ4v) is 3.26. The molecule has 1 atom stereocenters. The Hall–Kier alpha value is -1.49. The van der Waals surface area contributed by atoms with Crippen LogP contribution < -0.4 is 15.8 Å². The lowest BCUT2D eigenvalue weighted by atomic mass is 10.3. The molecule has 1 unspecified atom stereocenters. The van der Waals surface area contributed by atoms with E-state index in [0.717, 1.165) is 11.3 Å². The van der Waals surface area contributed by atoms with Gasteiger partial charge in [-0.05, 0) is 11.4 Å². The molecule has 0 saturated heterocycles. The van der Waals surface area contributed by atoms with Crippen molar-refractivity contribution in [3.8, 4) is 0 Å². The molecule has 0 fully saturated rings. The summed E-state index contributed by atoms with van der Waals surface area (Å²) >= 11 is 1.07. The lowest BCUT2D eigenvalue weighted by Crippen LogP contribution is -2.40. The van der Waals surface area contributed by atoms with E-state index in [2.05, 4.69) is 10.0 Å². The van der Waals surface area contributed by atoms with E-state index in [1.165, 1.54) is 6.07 Å². The summed E-state index contributed by atoms with van der Waals surface area (Å²) in [5.41, 5.74) is 4.80. The van der Waals surface area contributed by atoms with Crippen molar-refractivity contribution in [3.63, 3.8) is 0 Å². The van der Waals surface area contributed by atoms with Crippen LogP contribution in [0, 0.1) is 0 Å². The highest BCUT2D eigenvalue weighted by Gasteiger charge is 2.16. The second kappa shape index (κ2) is 7.33. The molecule has 0 aliphatic heterocycles. The lowest BCUT2D eigenvalue weighted by molar-refractivity contribution is -0.127. The summed E-state index contributed by atoms with van der Waals surface area (Å²) in [6.45, 7) is -0.384. The van der Waals surface area contributed by atoms with Gasteiger partial charge in [0.2, 0.25) is 21.8 Å². The first kappa shape index (κ1) is 16.6. The van der Waals surface area contributed by atoms with Crippen molar-refractivity contribution in [1.29, 1.82) is 0 Å². The number of amides is 2. The standard InChI is InChI=1S/C10H15N3O5S2/c11-10(16)7(14)6-12-8(15)3-4-13-20(17,18)9-2-1-5-19-9/h1-2,5,7,13-14H,3-4,6H2,(H2,11,16)(H,12,15). The number of hydrogen-bond acceptors (Lipinski definition) is 6. The van der Waals surface area contributed by atoms with E-state index in [1.54, 1.807) is 11.4 Å². The second-order valence-corrected chi connectivity index (χ2v) is 6.74. The minimum Gasteiger partial charge on any atom is -0.381 e. The molecule has 0 aliphatic rings. The van der Waals surface area contributed by atoms with Crippen molar-refractivity contribution in [2.75, 3.05) is 13.1 Å². The molecular weight excluding hydrogens is 306 g/mol. The van der Waals surface area contributed by atoms with Crippen LogP contribution in [0.3, 0.4) is 0 Å². The van der Waals surface area contributed by atoms with Gasteiger partial charge in [-0.15, -0.1) is 11.3 Å². The highest BCUT2D eigenvalue weighted by molar-refractivity contribution is 7.91. The van der Waals surface area contributed by atoms with Gasteiger partial charge < -0.3 is 16.2 Å². The Morgan fingerprint density at radius 2 is 2.15 bits per heavy atom. The molecule has 1 aromatic heterocycles. The van der Waals surface area contributed by atoms with Gasteiger partial charge in [-0.2, -0.15) is 0 Å². The second-order valence-electron chi connectivity index (χ2n) is 3.80. The summed E-state index contributed by atoms with van der Waals surface area (Å²) in [6.07, 6.45) is -1.57. The molecule has 1 heterocycles. The average molecular weight is 321 g/mol. The Morgan fingerprint density at radius 3 is 2.70 bits per heavy atom. The zero-order valence-electron chi connectivity index (χ0n) is 10.4. The van der Waals surface area contributed by atoms with E-state index >= 15 is 0 Å². The van der Waals surface area contributed by atoms with Gasteiger partial charge in [-0.1, -0.05) is 6.07 Å². The number of carbonyl (C=O) groups excluding carboxylic acids is 2. The van der Waals surface area contributed by atoms with Crippen molar-refractivity contribution < 1.29 is 23.1 Å². The molecule has 20 heavy (non-hydrogen) atoms. The monoisotopic (exact) mass is 321 g/mol. The summed E-state index contributed by atoms with van der Waals surface area (Å²) in [7, 11) is -3.59. The molecule has 8 nitrogen and oxygen atoms in total. The van der Waals surface area contributed by atoms with Crippen LogP contribution in [-0.2, 0) is 19.6 Å². The fourth-order valence-electron chi connectivity index (χ4n) is 1.19. The molecule has 112 valence electrons. The van der Waals surface area contributed by atoms with Gasteiger partial charge in [0, 0.05) is 13.0 Å². The number of nitrogens with two attached hydrogens (primary N) is 1. The predicted octanol–water partition coefficient (Wildman–Crippen LogP) is -1.62. The van der Waals surface area contributed by atoms with E-state index in [1.807, 2.05) is 0 Å². The first-order valence-corrected chi connectivity index (χ1v) is 7.96. The summed E-state index contributed by atoms with van der Waals surface area (Å²) in [6, 6.07) is 3.06. The number of rotatable bonds is 8. The normalized spacial score (nSPS) is 12.8. The van der Waals surface area contributed by atoms with Crippen molar-refractivity contribution in [2.45, 2.75) is 16.7 Å². The molecule has 0 spiro atoms. The Bertz CT molecular complexity index is 555. The van der Waals surface area contributed by atoms with Crippen LogP contribution in [0.15, 0.2) is 21.7 Å². The Kier molecular flexibility index (Phi) is 6.07. The van der Waals surface area contributed by atoms with E-state index in [-0.39, 0.29) is 23.7 Å². The first-order chi connectivity index (χ1) is 9.33. The number of nitrogens with one attached hydrogen (secondary N) is 2. The molecular formula is C10H15N3O5S2. The van der Waals surface area contributed by atoms with Crippen molar-refractivity contribution in [1.82, 2.24) is 10.0 Å². The number of primary amides is 1. The van der Waals surface area contributed by atoms with Crippen LogP contribution >= 0.6 is 11.3 Å². The zero-order chi connectivity index (χ0) is 15.2. The number of aliphatic hydroxyl groups is 1. The van der Waals surface area contributed by atoms with E-state index in [4.69, 9.17) is 10.8 Å². The molecule has 1 rings (SSSR count). The minimum atomic E-state index is -3.59. The highest BCUT2D eigenvalue weighted by atomic mass is 32.2. The molecule has 5 N–H and O–H groups in total. The number of hydrogen-bond donors (Lipinski definition) is 4. The molecule has 1 aromatic rings. The average Bonchev–Trinajstić information content (AvgIpc) is 2.90. The van der Waals surface area contributed by atoms with E-state index in [9.17, 15) is 18.0 Å². The molecule has 2 amide bonds. The molecule has 0 aliphatic carbocycles. The summed E-state index contributed by atoms with van der Waals surface area (Å²) in [5, 5.41) is 12.9. The molecule has 10 heteroatoms. The quantitative estimate of drug-likeness (QED) is 0.456. The van der Waals surface area contributed by atoms with Crippen LogP contribution in [0.25, 0.3) is 0 Å². The Morgan fingerprint density at radius 1 is 1.45 bits per heavy atom.